The predicted octanol–water partition coefficient (Wildman–Crippen LogP) is 5.69. The fraction of sp³-hybridized carbons (Fsp3) is 0.533. The van der Waals surface area contributed by atoms with Crippen molar-refractivity contribution in [2.75, 3.05) is 24.5 Å². The summed E-state index contributed by atoms with van der Waals surface area (Å²) in [6.07, 6.45) is 8.19. The Morgan fingerprint density at radius 1 is 0.944 bits per heavy atom. The number of carbonyl (C=O) groups is 2. The molecule has 3 aliphatic rings. The van der Waals surface area contributed by atoms with Gasteiger partial charge in [0.1, 0.15) is 0 Å². The third-order valence-electron chi connectivity index (χ3n) is 8.24. The van der Waals surface area contributed by atoms with Crippen LogP contribution in [0.5, 0.6) is 0 Å². The Balaban J connectivity index is 1.45. The van der Waals surface area contributed by atoms with Crippen molar-refractivity contribution < 1.29 is 9.59 Å². The Morgan fingerprint density at radius 2 is 1.69 bits per heavy atom. The highest BCUT2D eigenvalue weighted by atomic mass is 35.5. The summed E-state index contributed by atoms with van der Waals surface area (Å²) in [7, 11) is 0. The number of fused-ring (bicyclic) bond motifs is 3. The van der Waals surface area contributed by atoms with E-state index >= 15 is 0 Å². The molecule has 0 aromatic heterocycles. The van der Waals surface area contributed by atoms with Gasteiger partial charge in [0, 0.05) is 62.3 Å². The van der Waals surface area contributed by atoms with E-state index in [2.05, 4.69) is 15.9 Å². The monoisotopic (exact) mass is 507 g/mol. The van der Waals surface area contributed by atoms with Crippen LogP contribution in [0.3, 0.4) is 0 Å². The molecule has 1 aliphatic carbocycles. The molecule has 0 radical (unpaired) electrons. The number of carbonyl (C=O) groups excluding carboxylic acids is 2. The van der Waals surface area contributed by atoms with Gasteiger partial charge in [-0.1, -0.05) is 54.4 Å². The fourth-order valence-corrected chi connectivity index (χ4v) is 6.30. The number of piperidine rings is 1. The maximum atomic E-state index is 13.7. The van der Waals surface area contributed by atoms with E-state index in [1.807, 2.05) is 47.4 Å². The molecule has 2 amide bonds. The standard InChI is InChI=1S/C30H38ClN3O2/c1-22(35)33-18-17-26-9-6-10-27(34(26)19-23-13-14-23)21-32(20-25-8-3-5-12-29(25)33)30(36)16-15-24-7-2-4-11-28(24)31/h2-5,7-8,11-12,23,26-27H,6,9-10,13-21H2,1H3. The first kappa shape index (κ1) is 25.3. The Kier molecular flexibility index (Phi) is 7.97. The molecule has 2 aromatic rings. The van der Waals surface area contributed by atoms with Crippen LogP contribution >= 0.6 is 11.6 Å². The first-order valence-corrected chi connectivity index (χ1v) is 14.0. The number of rotatable bonds is 5. The average molecular weight is 508 g/mol. The van der Waals surface area contributed by atoms with Gasteiger partial charge in [0.05, 0.1) is 0 Å². The molecule has 0 spiro atoms. The van der Waals surface area contributed by atoms with Gasteiger partial charge in [-0.25, -0.2) is 0 Å². The van der Waals surface area contributed by atoms with Gasteiger partial charge in [-0.2, -0.15) is 0 Å². The Bertz CT molecular complexity index is 1090. The molecule has 1 saturated heterocycles. The molecule has 0 N–H and O–H groups in total. The number of amides is 2. The lowest BCUT2D eigenvalue weighted by atomic mass is 9.92. The van der Waals surface area contributed by atoms with Crippen LogP contribution in [-0.4, -0.2) is 53.3 Å². The Hall–Kier alpha value is -2.37. The van der Waals surface area contributed by atoms with E-state index in [-0.39, 0.29) is 11.8 Å². The summed E-state index contributed by atoms with van der Waals surface area (Å²) in [5.41, 5.74) is 3.00. The zero-order valence-electron chi connectivity index (χ0n) is 21.4. The van der Waals surface area contributed by atoms with Gasteiger partial charge in [0.25, 0.3) is 0 Å². The lowest BCUT2D eigenvalue weighted by molar-refractivity contribution is -0.133. The smallest absolute Gasteiger partial charge is 0.223 e. The lowest BCUT2D eigenvalue weighted by Crippen LogP contribution is -2.53. The van der Waals surface area contributed by atoms with Crippen LogP contribution in [0.15, 0.2) is 48.5 Å². The second-order valence-electron chi connectivity index (χ2n) is 10.8. The summed E-state index contributed by atoms with van der Waals surface area (Å²) in [4.78, 5) is 33.2. The van der Waals surface area contributed by atoms with Crippen LogP contribution in [0.1, 0.15) is 63.0 Å². The molecule has 2 bridgehead atoms. The topological polar surface area (TPSA) is 43.9 Å². The van der Waals surface area contributed by atoms with Crippen molar-refractivity contribution in [3.63, 3.8) is 0 Å². The normalized spacial score (nSPS) is 23.1. The molecule has 2 heterocycles. The first-order chi connectivity index (χ1) is 17.5. The molecule has 5 rings (SSSR count). The maximum absolute atomic E-state index is 13.7. The summed E-state index contributed by atoms with van der Waals surface area (Å²) < 4.78 is 0. The molecule has 1 saturated carbocycles. The van der Waals surface area contributed by atoms with Gasteiger partial charge in [-0.05, 0) is 67.7 Å². The highest BCUT2D eigenvalue weighted by Crippen LogP contribution is 2.36. The average Bonchev–Trinajstić information content (AvgIpc) is 3.69. The molecule has 6 heteroatoms. The van der Waals surface area contributed by atoms with Crippen molar-refractivity contribution >= 4 is 29.1 Å². The first-order valence-electron chi connectivity index (χ1n) is 13.6. The molecule has 2 aromatic carbocycles. The van der Waals surface area contributed by atoms with Gasteiger partial charge in [-0.3, -0.25) is 14.5 Å². The lowest BCUT2D eigenvalue weighted by Gasteiger charge is -2.44. The zero-order chi connectivity index (χ0) is 25.1. The number of para-hydroxylation sites is 1. The number of halogens is 1. The quantitative estimate of drug-likeness (QED) is 0.522. The number of hydrogen-bond acceptors (Lipinski definition) is 3. The highest BCUT2D eigenvalue weighted by Gasteiger charge is 2.37. The molecule has 2 atom stereocenters. The van der Waals surface area contributed by atoms with Crippen molar-refractivity contribution in [3.05, 3.63) is 64.7 Å². The van der Waals surface area contributed by atoms with Gasteiger partial charge >= 0.3 is 0 Å². The van der Waals surface area contributed by atoms with Crippen LogP contribution in [0.25, 0.3) is 0 Å². The highest BCUT2D eigenvalue weighted by molar-refractivity contribution is 6.31. The Labute approximate surface area is 220 Å². The van der Waals surface area contributed by atoms with Crippen LogP contribution in [-0.2, 0) is 22.6 Å². The zero-order valence-corrected chi connectivity index (χ0v) is 22.1. The van der Waals surface area contributed by atoms with Crippen molar-refractivity contribution in [2.45, 2.75) is 76.9 Å². The molecule has 2 fully saturated rings. The van der Waals surface area contributed by atoms with E-state index in [1.165, 1.54) is 25.7 Å². The van der Waals surface area contributed by atoms with Crippen molar-refractivity contribution in [1.82, 2.24) is 9.80 Å². The van der Waals surface area contributed by atoms with Crippen LogP contribution in [0.2, 0.25) is 5.02 Å². The second-order valence-corrected chi connectivity index (χ2v) is 11.2. The van der Waals surface area contributed by atoms with Crippen LogP contribution in [0, 0.1) is 5.92 Å². The molecule has 36 heavy (non-hydrogen) atoms. The predicted molar refractivity (Wildman–Crippen MR) is 145 cm³/mol. The summed E-state index contributed by atoms with van der Waals surface area (Å²) in [6, 6.07) is 16.8. The molecule has 2 unspecified atom stereocenters. The van der Waals surface area contributed by atoms with Gasteiger partial charge in [0.15, 0.2) is 0 Å². The van der Waals surface area contributed by atoms with E-state index in [0.717, 1.165) is 60.2 Å². The van der Waals surface area contributed by atoms with Crippen LogP contribution in [0.4, 0.5) is 5.69 Å². The Morgan fingerprint density at radius 3 is 2.47 bits per heavy atom. The van der Waals surface area contributed by atoms with E-state index in [9.17, 15) is 9.59 Å². The molecule has 192 valence electrons. The number of anilines is 1. The minimum Gasteiger partial charge on any atom is -0.337 e. The minimum absolute atomic E-state index is 0.0689. The molecular weight excluding hydrogens is 470 g/mol. The van der Waals surface area contributed by atoms with Gasteiger partial charge in [-0.15, -0.1) is 0 Å². The summed E-state index contributed by atoms with van der Waals surface area (Å²) in [5.74, 6) is 1.02. The van der Waals surface area contributed by atoms with Crippen molar-refractivity contribution in [3.8, 4) is 0 Å². The SMILES string of the molecule is CC(=O)N1CCC2CCCC(CN(C(=O)CCc3ccccc3Cl)Cc3ccccc31)N2CC1CC1. The minimum atomic E-state index is 0.0689. The van der Waals surface area contributed by atoms with Crippen molar-refractivity contribution in [1.29, 1.82) is 0 Å². The molecular formula is C30H38ClN3O2. The fourth-order valence-electron chi connectivity index (χ4n) is 6.07. The molecule has 2 aliphatic heterocycles. The number of aryl methyl sites for hydroxylation is 1. The largest absolute Gasteiger partial charge is 0.337 e. The summed E-state index contributed by atoms with van der Waals surface area (Å²) in [6.45, 7) is 4.79. The van der Waals surface area contributed by atoms with E-state index in [0.29, 0.717) is 31.5 Å². The number of benzene rings is 2. The second kappa shape index (κ2) is 11.4. The third-order valence-corrected chi connectivity index (χ3v) is 8.61. The third kappa shape index (κ3) is 5.95. The van der Waals surface area contributed by atoms with E-state index < -0.39 is 0 Å². The van der Waals surface area contributed by atoms with Gasteiger partial charge < -0.3 is 9.80 Å². The summed E-state index contributed by atoms with van der Waals surface area (Å²) in [5, 5.41) is 0.718. The number of hydrogen-bond donors (Lipinski definition) is 0. The maximum Gasteiger partial charge on any atom is 0.223 e. The number of nitrogens with zero attached hydrogens (tertiary/aromatic N) is 3. The van der Waals surface area contributed by atoms with Gasteiger partial charge in [0.2, 0.25) is 11.8 Å². The summed E-state index contributed by atoms with van der Waals surface area (Å²) >= 11 is 6.39. The van der Waals surface area contributed by atoms with Crippen LogP contribution < -0.4 is 4.90 Å². The van der Waals surface area contributed by atoms with E-state index in [4.69, 9.17) is 11.6 Å². The van der Waals surface area contributed by atoms with Crippen molar-refractivity contribution in [2.24, 2.45) is 5.92 Å². The molecule has 5 nitrogen and oxygen atoms in total. The van der Waals surface area contributed by atoms with E-state index in [1.54, 1.807) is 6.92 Å².